The van der Waals surface area contributed by atoms with Gasteiger partial charge in [-0.2, -0.15) is 0 Å². The van der Waals surface area contributed by atoms with Crippen molar-refractivity contribution in [2.45, 2.75) is 44.9 Å². The Kier molecular flexibility index (Phi) is 6.04. The van der Waals surface area contributed by atoms with Gasteiger partial charge in [-0.1, -0.05) is 0 Å². The maximum atomic E-state index is 13.0. The van der Waals surface area contributed by atoms with Gasteiger partial charge in [-0.3, -0.25) is 14.6 Å². The summed E-state index contributed by atoms with van der Waals surface area (Å²) < 4.78 is 11.3. The molecule has 31 heavy (non-hydrogen) atoms. The normalized spacial score (nSPS) is 23.0. The first-order valence-corrected chi connectivity index (χ1v) is 10.5. The molecule has 0 saturated carbocycles. The second-order valence-corrected chi connectivity index (χ2v) is 8.06. The number of amides is 1. The standard InChI is InChI=1S/C24H26N2O5/c1-15(2)31-18-7-5-17(6-8-18)22(27)20-21(16-9-11-25-12-10-16)26(24(29)23(20)28)14-19-4-3-13-30-19/h5-12,15,19,21,27H,3-4,13-14H2,1-2H3/b22-20-. The molecule has 7 heteroatoms. The third kappa shape index (κ3) is 4.32. The summed E-state index contributed by atoms with van der Waals surface area (Å²) in [4.78, 5) is 31.5. The number of pyridine rings is 1. The first-order valence-electron chi connectivity index (χ1n) is 10.5. The number of Topliss-reactive ketones (excluding diaryl/α,β-unsaturated/α-hetero) is 1. The molecule has 2 aromatic rings. The fourth-order valence-electron chi connectivity index (χ4n) is 4.09. The Morgan fingerprint density at radius 3 is 2.52 bits per heavy atom. The predicted octanol–water partition coefficient (Wildman–Crippen LogP) is 3.47. The molecule has 0 radical (unpaired) electrons. The van der Waals surface area contributed by atoms with Crippen LogP contribution < -0.4 is 4.74 Å². The van der Waals surface area contributed by atoms with Crippen LogP contribution in [0.4, 0.5) is 0 Å². The number of nitrogens with zero attached hydrogens (tertiary/aromatic N) is 2. The van der Waals surface area contributed by atoms with E-state index in [0.717, 1.165) is 12.8 Å². The molecule has 2 unspecified atom stereocenters. The third-order valence-electron chi connectivity index (χ3n) is 5.49. The zero-order valence-electron chi connectivity index (χ0n) is 17.7. The Balaban J connectivity index is 1.74. The van der Waals surface area contributed by atoms with Crippen LogP contribution in [0.1, 0.15) is 43.9 Å². The van der Waals surface area contributed by atoms with E-state index < -0.39 is 17.7 Å². The van der Waals surface area contributed by atoms with Gasteiger partial charge in [-0.25, -0.2) is 0 Å². The summed E-state index contributed by atoms with van der Waals surface area (Å²) in [6.45, 7) is 4.81. The Bertz CT molecular complexity index is 979. The van der Waals surface area contributed by atoms with E-state index in [9.17, 15) is 14.7 Å². The molecule has 7 nitrogen and oxygen atoms in total. The monoisotopic (exact) mass is 422 g/mol. The number of ether oxygens (including phenoxy) is 2. The third-order valence-corrected chi connectivity index (χ3v) is 5.49. The van der Waals surface area contributed by atoms with Crippen LogP contribution >= 0.6 is 0 Å². The fourth-order valence-corrected chi connectivity index (χ4v) is 4.09. The Labute approximate surface area is 181 Å². The number of ketones is 1. The largest absolute Gasteiger partial charge is 0.507 e. The van der Waals surface area contributed by atoms with Crippen molar-refractivity contribution >= 4 is 17.4 Å². The molecule has 4 rings (SSSR count). The molecule has 2 atom stereocenters. The van der Waals surface area contributed by atoms with Crippen molar-refractivity contribution in [3.63, 3.8) is 0 Å². The smallest absolute Gasteiger partial charge is 0.295 e. The molecule has 0 spiro atoms. The highest BCUT2D eigenvalue weighted by Crippen LogP contribution is 2.40. The molecule has 0 aliphatic carbocycles. The summed E-state index contributed by atoms with van der Waals surface area (Å²) >= 11 is 0. The van der Waals surface area contributed by atoms with Crippen molar-refractivity contribution in [2.75, 3.05) is 13.2 Å². The van der Waals surface area contributed by atoms with E-state index in [2.05, 4.69) is 4.98 Å². The van der Waals surface area contributed by atoms with E-state index in [1.165, 1.54) is 4.90 Å². The van der Waals surface area contributed by atoms with Crippen molar-refractivity contribution < 1.29 is 24.2 Å². The van der Waals surface area contributed by atoms with Gasteiger partial charge in [0.25, 0.3) is 11.7 Å². The van der Waals surface area contributed by atoms with Crippen LogP contribution in [0.5, 0.6) is 5.75 Å². The van der Waals surface area contributed by atoms with Crippen LogP contribution in [-0.2, 0) is 14.3 Å². The molecule has 1 aromatic heterocycles. The highest BCUT2D eigenvalue weighted by molar-refractivity contribution is 6.46. The first-order chi connectivity index (χ1) is 15.0. The molecule has 2 fully saturated rings. The lowest BCUT2D eigenvalue weighted by atomic mass is 9.96. The molecule has 0 bridgehead atoms. The maximum absolute atomic E-state index is 13.0. The minimum atomic E-state index is -0.696. The van der Waals surface area contributed by atoms with Gasteiger partial charge >= 0.3 is 0 Å². The van der Waals surface area contributed by atoms with E-state index in [4.69, 9.17) is 9.47 Å². The highest BCUT2D eigenvalue weighted by atomic mass is 16.5. The molecule has 2 aliphatic heterocycles. The number of aliphatic hydroxyl groups excluding tert-OH is 1. The van der Waals surface area contributed by atoms with E-state index in [0.29, 0.717) is 30.0 Å². The summed E-state index contributed by atoms with van der Waals surface area (Å²) in [5, 5.41) is 11.1. The molecule has 3 heterocycles. The average Bonchev–Trinajstić information content (AvgIpc) is 3.36. The van der Waals surface area contributed by atoms with Gasteiger partial charge in [0.1, 0.15) is 11.5 Å². The van der Waals surface area contributed by atoms with Crippen LogP contribution in [0, 0.1) is 0 Å². The van der Waals surface area contributed by atoms with E-state index in [1.54, 1.807) is 48.8 Å². The summed E-state index contributed by atoms with van der Waals surface area (Å²) in [6.07, 6.45) is 4.89. The van der Waals surface area contributed by atoms with Gasteiger partial charge in [-0.05, 0) is 68.7 Å². The van der Waals surface area contributed by atoms with Gasteiger partial charge in [0, 0.05) is 31.1 Å². The number of rotatable bonds is 6. The van der Waals surface area contributed by atoms with Crippen molar-refractivity contribution in [1.29, 1.82) is 0 Å². The number of benzene rings is 1. The summed E-state index contributed by atoms with van der Waals surface area (Å²) in [5.41, 5.74) is 1.24. The van der Waals surface area contributed by atoms with E-state index in [1.807, 2.05) is 13.8 Å². The number of aromatic nitrogens is 1. The maximum Gasteiger partial charge on any atom is 0.295 e. The van der Waals surface area contributed by atoms with Crippen molar-refractivity contribution in [1.82, 2.24) is 9.88 Å². The van der Waals surface area contributed by atoms with Crippen molar-refractivity contribution in [3.05, 3.63) is 65.5 Å². The lowest BCUT2D eigenvalue weighted by molar-refractivity contribution is -0.140. The lowest BCUT2D eigenvalue weighted by Gasteiger charge is -2.27. The molecule has 2 aliphatic rings. The molecular formula is C24H26N2O5. The van der Waals surface area contributed by atoms with Crippen LogP contribution in [0.15, 0.2) is 54.4 Å². The molecule has 2 saturated heterocycles. The van der Waals surface area contributed by atoms with Gasteiger partial charge in [0.2, 0.25) is 0 Å². The molecule has 1 amide bonds. The number of aliphatic hydroxyl groups is 1. The Morgan fingerprint density at radius 1 is 1.19 bits per heavy atom. The Hall–Kier alpha value is -3.19. The fraction of sp³-hybridized carbons (Fsp3) is 0.375. The van der Waals surface area contributed by atoms with E-state index in [-0.39, 0.29) is 23.5 Å². The zero-order valence-corrected chi connectivity index (χ0v) is 17.7. The molecule has 1 aromatic carbocycles. The number of carbonyl (C=O) groups is 2. The quantitative estimate of drug-likeness (QED) is 0.436. The number of carbonyl (C=O) groups excluding carboxylic acids is 2. The van der Waals surface area contributed by atoms with Gasteiger partial charge in [0.05, 0.1) is 23.8 Å². The molecule has 1 N–H and O–H groups in total. The minimum absolute atomic E-state index is 0.0225. The number of likely N-dealkylation sites (tertiary alicyclic amines) is 1. The molecular weight excluding hydrogens is 396 g/mol. The van der Waals surface area contributed by atoms with Crippen molar-refractivity contribution in [2.24, 2.45) is 0 Å². The number of hydrogen-bond acceptors (Lipinski definition) is 6. The van der Waals surface area contributed by atoms with Crippen LogP contribution in [-0.4, -0.2) is 52.0 Å². The Morgan fingerprint density at radius 2 is 1.90 bits per heavy atom. The SMILES string of the molecule is CC(C)Oc1ccc(/C(O)=C2/C(=O)C(=O)N(CC3CCCO3)C2c2ccncc2)cc1. The summed E-state index contributed by atoms with van der Waals surface area (Å²) in [6, 6.07) is 9.66. The first kappa shape index (κ1) is 21.1. The van der Waals surface area contributed by atoms with E-state index >= 15 is 0 Å². The highest BCUT2D eigenvalue weighted by Gasteiger charge is 2.47. The lowest BCUT2D eigenvalue weighted by Crippen LogP contribution is -2.36. The second kappa shape index (κ2) is 8.89. The van der Waals surface area contributed by atoms with Gasteiger partial charge in [-0.15, -0.1) is 0 Å². The average molecular weight is 422 g/mol. The summed E-state index contributed by atoms with van der Waals surface area (Å²) in [7, 11) is 0. The van der Waals surface area contributed by atoms with Crippen LogP contribution in [0.3, 0.4) is 0 Å². The second-order valence-electron chi connectivity index (χ2n) is 8.06. The minimum Gasteiger partial charge on any atom is -0.507 e. The zero-order chi connectivity index (χ0) is 22.0. The van der Waals surface area contributed by atoms with Crippen LogP contribution in [0.25, 0.3) is 5.76 Å². The number of hydrogen-bond donors (Lipinski definition) is 1. The van der Waals surface area contributed by atoms with Crippen LogP contribution in [0.2, 0.25) is 0 Å². The molecule has 162 valence electrons. The van der Waals surface area contributed by atoms with Gasteiger partial charge < -0.3 is 19.5 Å². The van der Waals surface area contributed by atoms with Crippen molar-refractivity contribution in [3.8, 4) is 5.75 Å². The summed E-state index contributed by atoms with van der Waals surface area (Å²) in [5.74, 6) is -0.861. The topological polar surface area (TPSA) is 89.0 Å². The van der Waals surface area contributed by atoms with Gasteiger partial charge in [0.15, 0.2) is 0 Å². The predicted molar refractivity (Wildman–Crippen MR) is 114 cm³/mol.